The number of aryl methyl sites for hydroxylation is 1. The van der Waals surface area contributed by atoms with E-state index in [0.29, 0.717) is 6.54 Å². The van der Waals surface area contributed by atoms with Crippen LogP contribution < -0.4 is 10.1 Å². The molecule has 0 saturated heterocycles. The Hall–Kier alpha value is -1.55. The van der Waals surface area contributed by atoms with Gasteiger partial charge >= 0.3 is 0 Å². The first kappa shape index (κ1) is 13.5. The van der Waals surface area contributed by atoms with E-state index < -0.39 is 6.10 Å². The van der Waals surface area contributed by atoms with E-state index in [1.54, 1.807) is 7.11 Å². The monoisotopic (exact) mass is 237 g/mol. The highest BCUT2D eigenvalue weighted by Crippen LogP contribution is 2.18. The van der Waals surface area contributed by atoms with Gasteiger partial charge in [0.2, 0.25) is 5.91 Å². The summed E-state index contributed by atoms with van der Waals surface area (Å²) in [4.78, 5) is 11.1. The second kappa shape index (κ2) is 6.25. The molecular weight excluding hydrogens is 218 g/mol. The molecule has 4 nitrogen and oxygen atoms in total. The first-order valence-electron chi connectivity index (χ1n) is 5.64. The molecule has 1 unspecified atom stereocenters. The van der Waals surface area contributed by atoms with Crippen LogP contribution in [0.25, 0.3) is 0 Å². The van der Waals surface area contributed by atoms with E-state index in [2.05, 4.69) is 5.32 Å². The number of rotatable bonds is 5. The van der Waals surface area contributed by atoms with Gasteiger partial charge in [-0.15, -0.1) is 0 Å². The Labute approximate surface area is 102 Å². The largest absolute Gasteiger partial charge is 0.496 e. The van der Waals surface area contributed by atoms with E-state index in [0.717, 1.165) is 23.3 Å². The van der Waals surface area contributed by atoms with Crippen molar-refractivity contribution >= 4 is 5.91 Å². The van der Waals surface area contributed by atoms with E-state index in [-0.39, 0.29) is 5.91 Å². The third-order valence-electron chi connectivity index (χ3n) is 2.55. The van der Waals surface area contributed by atoms with Crippen molar-refractivity contribution in [2.45, 2.75) is 26.4 Å². The van der Waals surface area contributed by atoms with Gasteiger partial charge in [0.1, 0.15) is 11.9 Å². The average Bonchev–Trinajstić information content (AvgIpc) is 2.29. The molecule has 1 aromatic carbocycles. The molecule has 1 aromatic rings. The zero-order valence-electron chi connectivity index (χ0n) is 10.5. The van der Waals surface area contributed by atoms with Crippen molar-refractivity contribution in [1.82, 2.24) is 5.32 Å². The van der Waals surface area contributed by atoms with E-state index in [1.807, 2.05) is 25.1 Å². The number of carbonyl (C=O) groups excluding carboxylic acids is 1. The summed E-state index contributed by atoms with van der Waals surface area (Å²) in [5.41, 5.74) is 2.21. The molecule has 0 bridgehead atoms. The number of hydrogen-bond acceptors (Lipinski definition) is 3. The van der Waals surface area contributed by atoms with Crippen molar-refractivity contribution in [2.24, 2.45) is 0 Å². The second-order valence-electron chi connectivity index (χ2n) is 4.02. The Bertz CT molecular complexity index is 388. The lowest BCUT2D eigenvalue weighted by atomic mass is 10.1. The molecule has 0 aliphatic heterocycles. The Kier molecular flexibility index (Phi) is 4.97. The molecule has 2 N–H and O–H groups in total. The van der Waals surface area contributed by atoms with Crippen molar-refractivity contribution in [3.63, 3.8) is 0 Å². The molecule has 0 heterocycles. The highest BCUT2D eigenvalue weighted by Gasteiger charge is 2.07. The zero-order chi connectivity index (χ0) is 12.8. The van der Waals surface area contributed by atoms with Gasteiger partial charge in [0, 0.05) is 6.54 Å². The standard InChI is InChI=1S/C13H19NO3/c1-9-8-11(4-5-12(9)17-3)6-7-14-13(16)10(2)15/h4-5,8,10,15H,6-7H2,1-3H3,(H,14,16). The number of hydrogen-bond donors (Lipinski definition) is 2. The van der Waals surface area contributed by atoms with Crippen LogP contribution in [0.4, 0.5) is 0 Å². The summed E-state index contributed by atoms with van der Waals surface area (Å²) in [6.07, 6.45) is -0.212. The predicted octanol–water partition coefficient (Wildman–Crippen LogP) is 1.04. The molecule has 1 amide bonds. The molecule has 0 fully saturated rings. The van der Waals surface area contributed by atoms with Crippen LogP contribution in [0, 0.1) is 6.92 Å². The van der Waals surface area contributed by atoms with Gasteiger partial charge in [-0.25, -0.2) is 0 Å². The number of amides is 1. The number of methoxy groups -OCH3 is 1. The molecule has 0 radical (unpaired) electrons. The summed E-state index contributed by atoms with van der Waals surface area (Å²) in [6.45, 7) is 3.96. The molecule has 0 spiro atoms. The minimum atomic E-state index is -0.951. The van der Waals surface area contributed by atoms with Gasteiger partial charge in [-0.2, -0.15) is 0 Å². The van der Waals surface area contributed by atoms with E-state index in [4.69, 9.17) is 9.84 Å². The SMILES string of the molecule is COc1ccc(CCNC(=O)C(C)O)cc1C. The first-order chi connectivity index (χ1) is 8.04. The first-order valence-corrected chi connectivity index (χ1v) is 5.64. The molecule has 0 aliphatic rings. The van der Waals surface area contributed by atoms with Gasteiger partial charge in [0.25, 0.3) is 0 Å². The molecule has 1 rings (SSSR count). The Morgan fingerprint density at radius 1 is 1.53 bits per heavy atom. The number of aliphatic hydroxyl groups is 1. The minimum Gasteiger partial charge on any atom is -0.496 e. The Balaban J connectivity index is 2.47. The summed E-state index contributed by atoms with van der Waals surface area (Å²) in [5, 5.41) is 11.7. The van der Waals surface area contributed by atoms with Gasteiger partial charge < -0.3 is 15.2 Å². The van der Waals surface area contributed by atoms with Gasteiger partial charge in [0.15, 0.2) is 0 Å². The molecule has 4 heteroatoms. The van der Waals surface area contributed by atoms with Crippen LogP contribution in [0.5, 0.6) is 5.75 Å². The molecular formula is C13H19NO3. The summed E-state index contributed by atoms with van der Waals surface area (Å²) in [6, 6.07) is 5.93. The molecule has 0 aromatic heterocycles. The fourth-order valence-corrected chi connectivity index (χ4v) is 1.57. The van der Waals surface area contributed by atoms with Gasteiger partial charge in [0.05, 0.1) is 7.11 Å². The molecule has 1 atom stereocenters. The Morgan fingerprint density at radius 3 is 2.76 bits per heavy atom. The van der Waals surface area contributed by atoms with Gasteiger partial charge in [-0.1, -0.05) is 12.1 Å². The Morgan fingerprint density at radius 2 is 2.24 bits per heavy atom. The minimum absolute atomic E-state index is 0.338. The maximum absolute atomic E-state index is 11.1. The predicted molar refractivity (Wildman–Crippen MR) is 66.1 cm³/mol. The normalized spacial score (nSPS) is 12.0. The lowest BCUT2D eigenvalue weighted by Crippen LogP contribution is -2.33. The van der Waals surface area contributed by atoms with Crippen molar-refractivity contribution in [1.29, 1.82) is 0 Å². The summed E-state index contributed by atoms with van der Waals surface area (Å²) < 4.78 is 5.17. The fraction of sp³-hybridized carbons (Fsp3) is 0.462. The topological polar surface area (TPSA) is 58.6 Å². The van der Waals surface area contributed by atoms with Gasteiger partial charge in [-0.05, 0) is 37.5 Å². The van der Waals surface area contributed by atoms with Crippen LogP contribution >= 0.6 is 0 Å². The quantitative estimate of drug-likeness (QED) is 0.804. The van der Waals surface area contributed by atoms with Crippen LogP contribution in [-0.2, 0) is 11.2 Å². The van der Waals surface area contributed by atoms with Crippen LogP contribution in [-0.4, -0.2) is 30.8 Å². The third kappa shape index (κ3) is 4.07. The van der Waals surface area contributed by atoms with Crippen LogP contribution in [0.2, 0.25) is 0 Å². The van der Waals surface area contributed by atoms with Crippen molar-refractivity contribution < 1.29 is 14.6 Å². The number of ether oxygens (including phenoxy) is 1. The molecule has 0 saturated carbocycles. The number of nitrogens with one attached hydrogen (secondary N) is 1. The van der Waals surface area contributed by atoms with Gasteiger partial charge in [-0.3, -0.25) is 4.79 Å². The molecule has 0 aliphatic carbocycles. The smallest absolute Gasteiger partial charge is 0.248 e. The van der Waals surface area contributed by atoms with Crippen molar-refractivity contribution in [2.75, 3.05) is 13.7 Å². The van der Waals surface area contributed by atoms with E-state index >= 15 is 0 Å². The summed E-state index contributed by atoms with van der Waals surface area (Å²) in [5.74, 6) is 0.525. The van der Waals surface area contributed by atoms with E-state index in [9.17, 15) is 4.79 Å². The molecule has 17 heavy (non-hydrogen) atoms. The second-order valence-corrected chi connectivity index (χ2v) is 4.02. The highest BCUT2D eigenvalue weighted by atomic mass is 16.5. The van der Waals surface area contributed by atoms with Crippen molar-refractivity contribution in [3.05, 3.63) is 29.3 Å². The van der Waals surface area contributed by atoms with Crippen LogP contribution in [0.15, 0.2) is 18.2 Å². The summed E-state index contributed by atoms with van der Waals surface area (Å²) in [7, 11) is 1.64. The fourth-order valence-electron chi connectivity index (χ4n) is 1.57. The van der Waals surface area contributed by atoms with Crippen LogP contribution in [0.1, 0.15) is 18.1 Å². The molecule has 94 valence electrons. The average molecular weight is 237 g/mol. The summed E-state index contributed by atoms with van der Waals surface area (Å²) >= 11 is 0. The maximum atomic E-state index is 11.1. The number of carbonyl (C=O) groups is 1. The third-order valence-corrected chi connectivity index (χ3v) is 2.55. The van der Waals surface area contributed by atoms with Crippen LogP contribution in [0.3, 0.4) is 0 Å². The maximum Gasteiger partial charge on any atom is 0.248 e. The zero-order valence-corrected chi connectivity index (χ0v) is 10.5. The lowest BCUT2D eigenvalue weighted by molar-refractivity contribution is -0.128. The van der Waals surface area contributed by atoms with Crippen molar-refractivity contribution in [3.8, 4) is 5.75 Å². The lowest BCUT2D eigenvalue weighted by Gasteiger charge is -2.09. The van der Waals surface area contributed by atoms with E-state index in [1.165, 1.54) is 6.92 Å². The number of benzene rings is 1. The number of aliphatic hydroxyl groups excluding tert-OH is 1. The highest BCUT2D eigenvalue weighted by molar-refractivity contribution is 5.79.